The van der Waals surface area contributed by atoms with Gasteiger partial charge in [0, 0.05) is 19.1 Å². The first-order valence-corrected chi connectivity index (χ1v) is 7.52. The fraction of sp³-hybridized carbons (Fsp3) is 0.500. The lowest BCUT2D eigenvalue weighted by Gasteiger charge is -2.21. The van der Waals surface area contributed by atoms with Crippen molar-refractivity contribution >= 4 is 15.5 Å². The monoisotopic (exact) mass is 254 g/mol. The highest BCUT2D eigenvalue weighted by atomic mass is 32.2. The van der Waals surface area contributed by atoms with Gasteiger partial charge in [-0.25, -0.2) is 8.42 Å². The van der Waals surface area contributed by atoms with Gasteiger partial charge in [-0.2, -0.15) is 0 Å². The number of benzene rings is 1. The number of hydrogen-bond acceptors (Lipinski definition) is 4. The average molecular weight is 254 g/mol. The van der Waals surface area contributed by atoms with Gasteiger partial charge >= 0.3 is 0 Å². The van der Waals surface area contributed by atoms with E-state index in [2.05, 4.69) is 4.90 Å². The summed E-state index contributed by atoms with van der Waals surface area (Å²) in [4.78, 5) is 2.49. The molecule has 0 bridgehead atoms. The Hall–Kier alpha value is -1.07. The van der Waals surface area contributed by atoms with Gasteiger partial charge in [0.05, 0.1) is 16.3 Å². The Morgan fingerprint density at radius 1 is 1.41 bits per heavy atom. The van der Waals surface area contributed by atoms with Crippen molar-refractivity contribution in [1.29, 1.82) is 0 Å². The van der Waals surface area contributed by atoms with Crippen LogP contribution in [0.1, 0.15) is 13.3 Å². The Morgan fingerprint density at radius 2 is 2.12 bits per heavy atom. The van der Waals surface area contributed by atoms with Crippen LogP contribution >= 0.6 is 0 Å². The average Bonchev–Trinajstić information content (AvgIpc) is 2.76. The molecule has 1 aromatic carbocycles. The number of hydrogen-bond donors (Lipinski definition) is 1. The summed E-state index contributed by atoms with van der Waals surface area (Å²) in [6.45, 7) is 3.23. The molecule has 1 atom stereocenters. The second-order valence-corrected chi connectivity index (χ2v) is 6.61. The third-order valence-electron chi connectivity index (χ3n) is 3.15. The highest BCUT2D eigenvalue weighted by Gasteiger charge is 2.24. The predicted octanol–water partition coefficient (Wildman–Crippen LogP) is 1.02. The van der Waals surface area contributed by atoms with Crippen LogP contribution in [0.3, 0.4) is 0 Å². The van der Waals surface area contributed by atoms with Crippen LogP contribution in [-0.2, 0) is 9.84 Å². The Bertz CT molecular complexity index is 499. The maximum absolute atomic E-state index is 12.0. The van der Waals surface area contributed by atoms with E-state index in [1.807, 2.05) is 12.1 Å². The second kappa shape index (κ2) is 4.66. The van der Waals surface area contributed by atoms with Crippen molar-refractivity contribution < 1.29 is 8.42 Å². The molecule has 0 saturated carbocycles. The van der Waals surface area contributed by atoms with E-state index < -0.39 is 9.84 Å². The maximum Gasteiger partial charge on any atom is 0.180 e. The maximum atomic E-state index is 12.0. The molecule has 0 amide bonds. The topological polar surface area (TPSA) is 63.4 Å². The van der Waals surface area contributed by atoms with Crippen LogP contribution in [0.5, 0.6) is 0 Å². The van der Waals surface area contributed by atoms with E-state index in [9.17, 15) is 8.42 Å². The number of para-hydroxylation sites is 1. The molecule has 94 valence electrons. The summed E-state index contributed by atoms with van der Waals surface area (Å²) in [5, 5.41) is 0. The Labute approximate surface area is 102 Å². The van der Waals surface area contributed by atoms with Gasteiger partial charge in [-0.3, -0.25) is 0 Å². The van der Waals surface area contributed by atoms with E-state index in [1.54, 1.807) is 19.1 Å². The number of sulfone groups is 1. The molecule has 0 radical (unpaired) electrons. The number of rotatable bonds is 3. The molecule has 1 heterocycles. The van der Waals surface area contributed by atoms with Crippen molar-refractivity contribution in [3.63, 3.8) is 0 Å². The first-order valence-electron chi connectivity index (χ1n) is 5.87. The predicted molar refractivity (Wildman–Crippen MR) is 69.0 cm³/mol. The highest BCUT2D eigenvalue weighted by Crippen LogP contribution is 2.28. The molecular weight excluding hydrogens is 236 g/mol. The van der Waals surface area contributed by atoms with Gasteiger partial charge in [-0.1, -0.05) is 19.1 Å². The van der Waals surface area contributed by atoms with Crippen LogP contribution < -0.4 is 10.6 Å². The molecule has 2 rings (SSSR count). The first kappa shape index (κ1) is 12.4. The molecule has 2 N–H and O–H groups in total. The molecule has 1 aliphatic heterocycles. The fourth-order valence-corrected chi connectivity index (χ4v) is 3.26. The van der Waals surface area contributed by atoms with Gasteiger partial charge in [0.2, 0.25) is 0 Å². The summed E-state index contributed by atoms with van der Waals surface area (Å²) in [7, 11) is -3.17. The van der Waals surface area contributed by atoms with Crippen LogP contribution in [-0.4, -0.2) is 33.3 Å². The van der Waals surface area contributed by atoms with Crippen molar-refractivity contribution in [1.82, 2.24) is 0 Å². The lowest BCUT2D eigenvalue weighted by atomic mass is 10.3. The number of nitrogens with two attached hydrogens (primary N) is 1. The highest BCUT2D eigenvalue weighted by molar-refractivity contribution is 7.91. The summed E-state index contributed by atoms with van der Waals surface area (Å²) >= 11 is 0. The Morgan fingerprint density at radius 3 is 2.71 bits per heavy atom. The summed E-state index contributed by atoms with van der Waals surface area (Å²) < 4.78 is 24.0. The summed E-state index contributed by atoms with van der Waals surface area (Å²) in [5.74, 6) is 0.129. The van der Waals surface area contributed by atoms with Gasteiger partial charge in [0.1, 0.15) is 0 Å². The van der Waals surface area contributed by atoms with Crippen molar-refractivity contribution in [2.24, 2.45) is 5.73 Å². The van der Waals surface area contributed by atoms with Crippen molar-refractivity contribution in [3.8, 4) is 0 Å². The minimum absolute atomic E-state index is 0.129. The zero-order valence-electron chi connectivity index (χ0n) is 9.96. The van der Waals surface area contributed by atoms with Crippen LogP contribution in [0.25, 0.3) is 0 Å². The van der Waals surface area contributed by atoms with Crippen LogP contribution in [0.4, 0.5) is 5.69 Å². The number of anilines is 1. The molecule has 1 unspecified atom stereocenters. The zero-order valence-corrected chi connectivity index (χ0v) is 10.8. The normalized spacial score (nSPS) is 20.8. The Kier molecular flexibility index (Phi) is 3.40. The molecule has 0 spiro atoms. The first-order chi connectivity index (χ1) is 8.04. The quantitative estimate of drug-likeness (QED) is 0.874. The van der Waals surface area contributed by atoms with Gasteiger partial charge in [0.15, 0.2) is 9.84 Å². The lowest BCUT2D eigenvalue weighted by molar-refractivity contribution is 0.597. The van der Waals surface area contributed by atoms with Crippen molar-refractivity contribution in [2.45, 2.75) is 24.3 Å². The molecule has 0 aromatic heterocycles. The van der Waals surface area contributed by atoms with Crippen LogP contribution in [0.15, 0.2) is 29.2 Å². The van der Waals surface area contributed by atoms with E-state index in [-0.39, 0.29) is 11.8 Å². The van der Waals surface area contributed by atoms with Gasteiger partial charge in [-0.05, 0) is 18.6 Å². The molecule has 17 heavy (non-hydrogen) atoms. The molecule has 5 heteroatoms. The van der Waals surface area contributed by atoms with E-state index in [1.165, 1.54) is 0 Å². The van der Waals surface area contributed by atoms with Crippen LogP contribution in [0.2, 0.25) is 0 Å². The molecule has 4 nitrogen and oxygen atoms in total. The van der Waals surface area contributed by atoms with Gasteiger partial charge in [0.25, 0.3) is 0 Å². The third-order valence-corrected chi connectivity index (χ3v) is 4.92. The fourth-order valence-electron chi connectivity index (χ4n) is 2.14. The minimum Gasteiger partial charge on any atom is -0.369 e. The number of nitrogens with zero attached hydrogens (tertiary/aromatic N) is 1. The summed E-state index contributed by atoms with van der Waals surface area (Å²) in [6.07, 6.45) is 0.917. The largest absolute Gasteiger partial charge is 0.369 e. The molecule has 1 fully saturated rings. The van der Waals surface area contributed by atoms with E-state index in [0.717, 1.165) is 25.2 Å². The third kappa shape index (κ3) is 2.45. The van der Waals surface area contributed by atoms with Crippen molar-refractivity contribution in [3.05, 3.63) is 24.3 Å². The second-order valence-electron chi connectivity index (χ2n) is 4.37. The smallest absolute Gasteiger partial charge is 0.180 e. The SMILES string of the molecule is CCS(=O)(=O)c1ccccc1N1CCC(N)C1. The van der Waals surface area contributed by atoms with Crippen molar-refractivity contribution in [2.75, 3.05) is 23.7 Å². The molecule has 1 saturated heterocycles. The van der Waals surface area contributed by atoms with Gasteiger partial charge in [-0.15, -0.1) is 0 Å². The molecule has 1 aliphatic rings. The lowest BCUT2D eigenvalue weighted by Crippen LogP contribution is -2.27. The minimum atomic E-state index is -3.17. The molecule has 1 aromatic rings. The zero-order chi connectivity index (χ0) is 12.5. The van der Waals surface area contributed by atoms with E-state index in [0.29, 0.717) is 4.90 Å². The summed E-state index contributed by atoms with van der Waals surface area (Å²) in [6, 6.07) is 7.32. The standard InChI is InChI=1S/C12H18N2O2S/c1-2-17(15,16)12-6-4-3-5-11(12)14-8-7-10(13)9-14/h3-6,10H,2,7-9,13H2,1H3. The van der Waals surface area contributed by atoms with E-state index >= 15 is 0 Å². The molecule has 0 aliphatic carbocycles. The van der Waals surface area contributed by atoms with Crippen LogP contribution in [0, 0.1) is 0 Å². The van der Waals surface area contributed by atoms with Gasteiger partial charge < -0.3 is 10.6 Å². The van der Waals surface area contributed by atoms with E-state index in [4.69, 9.17) is 5.73 Å². The molecular formula is C12H18N2O2S. The Balaban J connectivity index is 2.41. The summed E-state index contributed by atoms with van der Waals surface area (Å²) in [5.41, 5.74) is 6.66.